The quantitative estimate of drug-likeness (QED) is 0.798. The smallest absolute Gasteiger partial charge is 0.229 e. The molecular weight excluding hydrogens is 305 g/mol. The lowest BCUT2D eigenvalue weighted by Crippen LogP contribution is -2.35. The van der Waals surface area contributed by atoms with Crippen molar-refractivity contribution in [1.29, 1.82) is 0 Å². The molecule has 0 bridgehead atoms. The van der Waals surface area contributed by atoms with Crippen molar-refractivity contribution in [3.05, 3.63) is 35.4 Å². The Hall–Kier alpha value is -0.730. The van der Waals surface area contributed by atoms with Crippen LogP contribution in [0, 0.1) is 5.41 Å². The number of hydrogen-bond donors (Lipinski definition) is 1. The van der Waals surface area contributed by atoms with Gasteiger partial charge in [0.2, 0.25) is 5.91 Å². The highest BCUT2D eigenvalue weighted by Gasteiger charge is 2.67. The number of alkyl halides is 2. The van der Waals surface area contributed by atoms with E-state index in [9.17, 15) is 4.79 Å². The molecule has 116 valence electrons. The fourth-order valence-corrected chi connectivity index (χ4v) is 3.06. The molecule has 1 N–H and O–H groups in total. The van der Waals surface area contributed by atoms with Crippen LogP contribution in [0.25, 0.3) is 0 Å². The van der Waals surface area contributed by atoms with Gasteiger partial charge in [0.25, 0.3) is 0 Å². The molecule has 1 fully saturated rings. The van der Waals surface area contributed by atoms with Crippen LogP contribution in [0.3, 0.4) is 0 Å². The van der Waals surface area contributed by atoms with Gasteiger partial charge in [0.05, 0.1) is 11.5 Å². The molecule has 2 atom stereocenters. The number of nitrogens with one attached hydrogen (secondary N) is 1. The van der Waals surface area contributed by atoms with Crippen LogP contribution < -0.4 is 5.32 Å². The molecule has 1 saturated carbocycles. The van der Waals surface area contributed by atoms with Gasteiger partial charge in [-0.2, -0.15) is 0 Å². The molecule has 2 rings (SSSR count). The Labute approximate surface area is 137 Å². The first kappa shape index (κ1) is 16.6. The zero-order valence-corrected chi connectivity index (χ0v) is 14.8. The van der Waals surface area contributed by atoms with Gasteiger partial charge in [0.1, 0.15) is 4.33 Å². The van der Waals surface area contributed by atoms with E-state index in [1.165, 1.54) is 5.56 Å². The van der Waals surface area contributed by atoms with Crippen molar-refractivity contribution in [3.8, 4) is 0 Å². The summed E-state index contributed by atoms with van der Waals surface area (Å²) in [5.74, 6) is -0.0834. The van der Waals surface area contributed by atoms with Crippen molar-refractivity contribution < 1.29 is 4.79 Å². The summed E-state index contributed by atoms with van der Waals surface area (Å²) in [5.41, 5.74) is 1.81. The maximum atomic E-state index is 12.3. The van der Waals surface area contributed by atoms with Crippen molar-refractivity contribution >= 4 is 29.1 Å². The van der Waals surface area contributed by atoms with E-state index in [-0.39, 0.29) is 17.4 Å². The van der Waals surface area contributed by atoms with Crippen molar-refractivity contribution in [2.45, 2.75) is 56.8 Å². The van der Waals surface area contributed by atoms with Gasteiger partial charge in [-0.15, -0.1) is 23.2 Å². The van der Waals surface area contributed by atoms with Crippen molar-refractivity contribution in [2.75, 3.05) is 0 Å². The summed E-state index contributed by atoms with van der Waals surface area (Å²) < 4.78 is -0.924. The highest BCUT2D eigenvalue weighted by atomic mass is 35.5. The predicted octanol–water partition coefficient (Wildman–Crippen LogP) is 4.75. The standard InChI is InChI=1S/C17H23Cl2NO/c1-11(20-14(21)16(5)10-17(16,18)19)12-6-8-13(9-7-12)15(2,3)4/h6-9,11H,10H2,1-5H3,(H,20,21)/t11-,16+/m1/s1. The fourth-order valence-electron chi connectivity index (χ4n) is 2.36. The Balaban J connectivity index is 2.04. The second-order valence-electron chi connectivity index (χ2n) is 7.28. The maximum Gasteiger partial charge on any atom is 0.229 e. The van der Waals surface area contributed by atoms with Crippen LogP contribution in [0.2, 0.25) is 0 Å². The van der Waals surface area contributed by atoms with E-state index in [1.807, 2.05) is 6.92 Å². The van der Waals surface area contributed by atoms with E-state index in [2.05, 4.69) is 50.4 Å². The summed E-state index contributed by atoms with van der Waals surface area (Å²) in [6, 6.07) is 8.30. The highest BCUT2D eigenvalue weighted by molar-refractivity contribution is 6.53. The Morgan fingerprint density at radius 3 is 2.10 bits per heavy atom. The zero-order chi connectivity index (χ0) is 16.1. The lowest BCUT2D eigenvalue weighted by Gasteiger charge is -2.22. The normalized spacial score (nSPS) is 25.3. The Morgan fingerprint density at radius 2 is 1.71 bits per heavy atom. The molecule has 1 aromatic carbocycles. The molecule has 0 heterocycles. The Kier molecular flexibility index (Phi) is 4.10. The minimum atomic E-state index is -0.924. The third-order valence-electron chi connectivity index (χ3n) is 4.38. The minimum absolute atomic E-state index is 0.0620. The number of benzene rings is 1. The number of carbonyl (C=O) groups excluding carboxylic acids is 1. The molecule has 21 heavy (non-hydrogen) atoms. The average molecular weight is 328 g/mol. The van der Waals surface area contributed by atoms with Crippen LogP contribution in [0.15, 0.2) is 24.3 Å². The zero-order valence-electron chi connectivity index (χ0n) is 13.3. The summed E-state index contributed by atoms with van der Waals surface area (Å²) in [7, 11) is 0. The third-order valence-corrected chi connectivity index (χ3v) is 5.48. The molecule has 1 aromatic rings. The van der Waals surface area contributed by atoms with Crippen molar-refractivity contribution in [3.63, 3.8) is 0 Å². The summed E-state index contributed by atoms with van der Waals surface area (Å²) in [6.07, 6.45) is 0.505. The summed E-state index contributed by atoms with van der Waals surface area (Å²) in [5, 5.41) is 3.00. The van der Waals surface area contributed by atoms with Crippen LogP contribution in [0.4, 0.5) is 0 Å². The molecule has 0 aliphatic heterocycles. The second kappa shape index (κ2) is 5.17. The number of hydrogen-bond acceptors (Lipinski definition) is 1. The molecule has 1 aliphatic rings. The van der Waals surface area contributed by atoms with Gasteiger partial charge in [0.15, 0.2) is 0 Å². The van der Waals surface area contributed by atoms with Gasteiger partial charge in [-0.3, -0.25) is 4.79 Å². The second-order valence-corrected chi connectivity index (χ2v) is 8.76. The molecule has 0 spiro atoms. The molecule has 4 heteroatoms. The van der Waals surface area contributed by atoms with Crippen LogP contribution in [0.5, 0.6) is 0 Å². The molecule has 0 aromatic heterocycles. The maximum absolute atomic E-state index is 12.3. The molecule has 0 unspecified atom stereocenters. The lowest BCUT2D eigenvalue weighted by molar-refractivity contribution is -0.126. The van der Waals surface area contributed by atoms with Crippen LogP contribution in [-0.4, -0.2) is 10.2 Å². The molecular formula is C17H23Cl2NO. The Bertz CT molecular complexity index is 545. The molecule has 1 amide bonds. The fraction of sp³-hybridized carbons (Fsp3) is 0.588. The molecule has 0 saturated heterocycles. The van der Waals surface area contributed by atoms with E-state index in [0.29, 0.717) is 6.42 Å². The first-order valence-electron chi connectivity index (χ1n) is 7.27. The Morgan fingerprint density at radius 1 is 1.24 bits per heavy atom. The summed E-state index contributed by atoms with van der Waals surface area (Å²) in [4.78, 5) is 12.3. The molecule has 0 radical (unpaired) electrons. The molecule has 1 aliphatic carbocycles. The predicted molar refractivity (Wildman–Crippen MR) is 88.9 cm³/mol. The van der Waals surface area contributed by atoms with E-state index < -0.39 is 9.75 Å². The third kappa shape index (κ3) is 3.22. The van der Waals surface area contributed by atoms with Gasteiger partial charge in [-0.25, -0.2) is 0 Å². The number of amides is 1. The van der Waals surface area contributed by atoms with E-state index in [0.717, 1.165) is 5.56 Å². The highest BCUT2D eigenvalue weighted by Crippen LogP contribution is 2.63. The van der Waals surface area contributed by atoms with Gasteiger partial charge in [-0.1, -0.05) is 45.0 Å². The van der Waals surface area contributed by atoms with Gasteiger partial charge < -0.3 is 5.32 Å². The first-order valence-corrected chi connectivity index (χ1v) is 8.02. The molecule has 2 nitrogen and oxygen atoms in total. The van der Waals surface area contributed by atoms with Gasteiger partial charge in [0, 0.05) is 0 Å². The first-order chi connectivity index (χ1) is 9.47. The largest absolute Gasteiger partial charge is 0.349 e. The van der Waals surface area contributed by atoms with Crippen molar-refractivity contribution in [1.82, 2.24) is 5.32 Å². The van der Waals surface area contributed by atoms with E-state index in [1.54, 1.807) is 6.92 Å². The topological polar surface area (TPSA) is 29.1 Å². The van der Waals surface area contributed by atoms with E-state index in [4.69, 9.17) is 23.2 Å². The SMILES string of the molecule is C[C@@H](NC(=O)[C@]1(C)CC1(Cl)Cl)c1ccc(C(C)(C)C)cc1. The minimum Gasteiger partial charge on any atom is -0.349 e. The summed E-state index contributed by atoms with van der Waals surface area (Å²) >= 11 is 12.1. The van der Waals surface area contributed by atoms with Gasteiger partial charge in [-0.05, 0) is 36.8 Å². The van der Waals surface area contributed by atoms with E-state index >= 15 is 0 Å². The van der Waals surface area contributed by atoms with Crippen LogP contribution in [-0.2, 0) is 10.2 Å². The van der Waals surface area contributed by atoms with Crippen molar-refractivity contribution in [2.24, 2.45) is 5.41 Å². The van der Waals surface area contributed by atoms with Crippen LogP contribution >= 0.6 is 23.2 Å². The van der Waals surface area contributed by atoms with Crippen LogP contribution in [0.1, 0.15) is 58.2 Å². The van der Waals surface area contributed by atoms with Gasteiger partial charge >= 0.3 is 0 Å². The summed E-state index contributed by atoms with van der Waals surface area (Å²) in [6.45, 7) is 10.3. The number of halogens is 2. The average Bonchev–Trinajstić information content (AvgIpc) is 2.89. The monoisotopic (exact) mass is 327 g/mol. The number of rotatable bonds is 3. The number of carbonyl (C=O) groups is 1. The lowest BCUT2D eigenvalue weighted by atomic mass is 9.86.